The molecule has 31 heavy (non-hydrogen) atoms. The lowest BCUT2D eigenvalue weighted by molar-refractivity contribution is -0.325. The van der Waals surface area contributed by atoms with E-state index in [1.165, 1.54) is 0 Å². The van der Waals surface area contributed by atoms with Gasteiger partial charge in [-0.05, 0) is 32.4 Å². The molecule has 2 aliphatic rings. The summed E-state index contributed by atoms with van der Waals surface area (Å²) in [7, 11) is 0. The summed E-state index contributed by atoms with van der Waals surface area (Å²) in [5, 5.41) is 14.2. The first-order valence-electron chi connectivity index (χ1n) is 9.62. The highest BCUT2D eigenvalue weighted by Gasteiger charge is 2.60. The fraction of sp³-hybridized carbons (Fsp3) is 0.526. The van der Waals surface area contributed by atoms with E-state index >= 15 is 0 Å². The minimum Gasteiger partial charge on any atom is -0.447 e. The first-order chi connectivity index (χ1) is 14.6. The number of nitrogens with one attached hydrogen (secondary N) is 2. The molecule has 0 aliphatic carbocycles. The average molecular weight is 458 g/mol. The number of hydrogen-bond acceptors (Lipinski definition) is 8. The SMILES string of the molecule is Cc1cc(C)cc(C(=O)N[C@@]23CN[C@@H](c4nnc(OCCOC(F)(F)F)o4)CC2S3)c1. The number of benzene rings is 1. The van der Waals surface area contributed by atoms with E-state index in [-0.39, 0.29) is 40.6 Å². The Hall–Kier alpha value is -2.31. The van der Waals surface area contributed by atoms with Crippen LogP contribution in [-0.2, 0) is 4.74 Å². The molecule has 3 heterocycles. The quantitative estimate of drug-likeness (QED) is 0.483. The summed E-state index contributed by atoms with van der Waals surface area (Å²) in [6.45, 7) is 3.38. The van der Waals surface area contributed by atoms with Crippen molar-refractivity contribution in [3.8, 4) is 6.08 Å². The molecular formula is C19H21F3N4O4S. The van der Waals surface area contributed by atoms with Gasteiger partial charge in [0.2, 0.25) is 5.89 Å². The van der Waals surface area contributed by atoms with Gasteiger partial charge in [-0.15, -0.1) is 30.0 Å². The molecule has 1 amide bonds. The van der Waals surface area contributed by atoms with E-state index in [2.05, 4.69) is 25.6 Å². The molecule has 0 saturated carbocycles. The molecule has 4 rings (SSSR count). The molecule has 2 aliphatic heterocycles. The van der Waals surface area contributed by atoms with Gasteiger partial charge in [0.05, 0.1) is 12.6 Å². The fourth-order valence-corrected chi connectivity index (χ4v) is 4.89. The highest BCUT2D eigenvalue weighted by Crippen LogP contribution is 2.57. The van der Waals surface area contributed by atoms with E-state index in [4.69, 9.17) is 9.15 Å². The number of ether oxygens (including phenoxy) is 2. The van der Waals surface area contributed by atoms with Crippen LogP contribution in [0.15, 0.2) is 22.6 Å². The molecule has 8 nitrogen and oxygen atoms in total. The van der Waals surface area contributed by atoms with E-state index in [9.17, 15) is 18.0 Å². The summed E-state index contributed by atoms with van der Waals surface area (Å²) in [5.41, 5.74) is 2.70. The van der Waals surface area contributed by atoms with Crippen molar-refractivity contribution in [2.45, 2.75) is 42.8 Å². The van der Waals surface area contributed by atoms with E-state index in [0.717, 1.165) is 11.1 Å². The topological polar surface area (TPSA) is 98.5 Å². The number of carbonyl (C=O) groups is 1. The third-order valence-electron chi connectivity index (χ3n) is 4.98. The van der Waals surface area contributed by atoms with Crippen molar-refractivity contribution in [1.82, 2.24) is 20.8 Å². The second-order valence-corrected chi connectivity index (χ2v) is 9.08. The Kier molecular flexibility index (Phi) is 5.88. The zero-order valence-electron chi connectivity index (χ0n) is 16.8. The molecule has 1 aromatic carbocycles. The van der Waals surface area contributed by atoms with Crippen molar-refractivity contribution >= 4 is 17.7 Å². The van der Waals surface area contributed by atoms with Gasteiger partial charge < -0.3 is 19.8 Å². The smallest absolute Gasteiger partial charge is 0.447 e. The Bertz CT molecular complexity index is 950. The number of nitrogens with zero attached hydrogens (tertiary/aromatic N) is 2. The van der Waals surface area contributed by atoms with Gasteiger partial charge in [0.15, 0.2) is 0 Å². The van der Waals surface area contributed by atoms with Crippen LogP contribution in [0.4, 0.5) is 13.2 Å². The van der Waals surface area contributed by atoms with Gasteiger partial charge in [0.1, 0.15) is 11.5 Å². The minimum absolute atomic E-state index is 0.114. The molecule has 2 N–H and O–H groups in total. The molecule has 3 atom stereocenters. The number of rotatable bonds is 7. The summed E-state index contributed by atoms with van der Waals surface area (Å²) in [6, 6.07) is 5.50. The fourth-order valence-electron chi connectivity index (χ4n) is 3.60. The zero-order valence-corrected chi connectivity index (χ0v) is 17.6. The predicted octanol–water partition coefficient (Wildman–Crippen LogP) is 2.88. The van der Waals surface area contributed by atoms with E-state index in [0.29, 0.717) is 18.5 Å². The number of aromatic nitrogens is 2. The lowest BCUT2D eigenvalue weighted by atomic mass is 10.00. The van der Waals surface area contributed by atoms with Gasteiger partial charge >= 0.3 is 12.4 Å². The van der Waals surface area contributed by atoms with E-state index in [1.807, 2.05) is 32.0 Å². The van der Waals surface area contributed by atoms with Gasteiger partial charge in [-0.25, -0.2) is 0 Å². The van der Waals surface area contributed by atoms with Crippen molar-refractivity contribution in [1.29, 1.82) is 0 Å². The summed E-state index contributed by atoms with van der Waals surface area (Å²) in [4.78, 5) is 12.3. The van der Waals surface area contributed by atoms with Crippen LogP contribution in [0, 0.1) is 13.8 Å². The number of fused-ring (bicyclic) bond motifs is 1. The van der Waals surface area contributed by atoms with Gasteiger partial charge in [0.25, 0.3) is 5.91 Å². The molecule has 0 spiro atoms. The predicted molar refractivity (Wildman–Crippen MR) is 105 cm³/mol. The Labute approximate surface area is 180 Å². The number of hydrogen-bond donors (Lipinski definition) is 2. The number of alkyl halides is 3. The Morgan fingerprint density at radius 1 is 1.29 bits per heavy atom. The number of halogens is 3. The maximum atomic E-state index is 12.7. The van der Waals surface area contributed by atoms with Gasteiger partial charge in [-0.1, -0.05) is 22.3 Å². The average Bonchev–Trinajstić information content (AvgIpc) is 3.18. The molecule has 2 aromatic rings. The summed E-state index contributed by atoms with van der Waals surface area (Å²) in [5.74, 6) is 0.171. The van der Waals surface area contributed by atoms with Crippen molar-refractivity contribution in [2.75, 3.05) is 19.8 Å². The van der Waals surface area contributed by atoms with Crippen LogP contribution in [0.3, 0.4) is 0 Å². The normalized spacial score (nSPS) is 25.1. The van der Waals surface area contributed by atoms with E-state index in [1.54, 1.807) is 11.8 Å². The molecule has 0 radical (unpaired) electrons. The second kappa shape index (κ2) is 8.32. The Morgan fingerprint density at radius 2 is 2.03 bits per heavy atom. The Morgan fingerprint density at radius 3 is 2.71 bits per heavy atom. The molecule has 168 valence electrons. The van der Waals surface area contributed by atoms with Gasteiger partial charge in [0, 0.05) is 17.4 Å². The number of carbonyl (C=O) groups excluding carboxylic acids is 1. The lowest BCUT2D eigenvalue weighted by Gasteiger charge is -2.26. The highest BCUT2D eigenvalue weighted by molar-refractivity contribution is 8.08. The maximum Gasteiger partial charge on any atom is 0.522 e. The molecule has 12 heteroatoms. The third-order valence-corrected chi connectivity index (χ3v) is 6.56. The largest absolute Gasteiger partial charge is 0.522 e. The molecule has 1 aromatic heterocycles. The molecular weight excluding hydrogens is 437 g/mol. The summed E-state index contributed by atoms with van der Waals surface area (Å²) in [6.07, 6.45) is -4.28. The van der Waals surface area contributed by atoms with Gasteiger partial charge in [-0.3, -0.25) is 9.53 Å². The highest BCUT2D eigenvalue weighted by atomic mass is 32.2. The number of thioether (sulfide) groups is 1. The van der Waals surface area contributed by atoms with Crippen LogP contribution < -0.4 is 15.4 Å². The van der Waals surface area contributed by atoms with Crippen molar-refractivity contribution < 1.29 is 31.9 Å². The number of amides is 1. The Balaban J connectivity index is 1.28. The van der Waals surface area contributed by atoms with Crippen LogP contribution in [0.1, 0.15) is 39.8 Å². The second-order valence-electron chi connectivity index (χ2n) is 7.54. The third kappa shape index (κ3) is 5.31. The minimum atomic E-state index is -4.71. The van der Waals surface area contributed by atoms with Crippen molar-refractivity contribution in [2.24, 2.45) is 0 Å². The molecule has 0 bridgehead atoms. The van der Waals surface area contributed by atoms with Crippen LogP contribution in [0.25, 0.3) is 0 Å². The van der Waals surface area contributed by atoms with Gasteiger partial charge in [-0.2, -0.15) is 0 Å². The van der Waals surface area contributed by atoms with Crippen LogP contribution in [0.2, 0.25) is 0 Å². The van der Waals surface area contributed by atoms with Crippen LogP contribution in [-0.4, -0.2) is 52.3 Å². The first-order valence-corrected chi connectivity index (χ1v) is 10.5. The number of aryl methyl sites for hydroxylation is 2. The summed E-state index contributed by atoms with van der Waals surface area (Å²) >= 11 is 1.66. The van der Waals surface area contributed by atoms with Crippen molar-refractivity contribution in [3.05, 3.63) is 40.8 Å². The summed E-state index contributed by atoms with van der Waals surface area (Å²) < 4.78 is 49.8. The first kappa shape index (κ1) is 21.9. The number of piperidine rings is 1. The van der Waals surface area contributed by atoms with E-state index < -0.39 is 13.0 Å². The molecule has 2 fully saturated rings. The zero-order chi connectivity index (χ0) is 22.2. The molecule has 2 saturated heterocycles. The van der Waals surface area contributed by atoms with Crippen molar-refractivity contribution in [3.63, 3.8) is 0 Å². The monoisotopic (exact) mass is 458 g/mol. The van der Waals surface area contributed by atoms with Crippen LogP contribution >= 0.6 is 11.8 Å². The van der Waals surface area contributed by atoms with Crippen LogP contribution in [0.5, 0.6) is 6.08 Å². The maximum absolute atomic E-state index is 12.7. The standard InChI is InChI=1S/C19H21F3N4O4S/c1-10-5-11(2)7-12(6-10)15(27)24-18-9-23-13(8-14(18)31-18)16-25-26-17(30-16)28-3-4-29-19(20,21)22/h5-7,13-14,23H,3-4,8-9H2,1-2H3,(H,24,27)/t13-,14?,18-/m1/s1. The lowest BCUT2D eigenvalue weighted by Crippen LogP contribution is -2.50. The molecule has 1 unspecified atom stereocenters.